The Labute approximate surface area is 180 Å². The van der Waals surface area contributed by atoms with Crippen molar-refractivity contribution in [1.82, 2.24) is 20.5 Å². The number of hydrogen-bond acceptors (Lipinski definition) is 3. The first-order chi connectivity index (χ1) is 15.0. The Hall–Kier alpha value is -3.61. The number of H-pyrrole nitrogens is 1. The molecule has 4 amide bonds. The molecule has 1 aliphatic rings. The quantitative estimate of drug-likeness (QED) is 0.491. The molecule has 1 atom stereocenters. The highest BCUT2D eigenvalue weighted by Gasteiger charge is 2.47. The molecule has 7 heteroatoms. The van der Waals surface area contributed by atoms with Crippen molar-refractivity contribution >= 4 is 28.7 Å². The second-order valence-electron chi connectivity index (χ2n) is 8.10. The number of aryl methyl sites for hydroxylation is 1. The van der Waals surface area contributed by atoms with Crippen LogP contribution in [0.2, 0.25) is 0 Å². The van der Waals surface area contributed by atoms with Crippen molar-refractivity contribution in [3.8, 4) is 0 Å². The summed E-state index contributed by atoms with van der Waals surface area (Å²) in [4.78, 5) is 41.8. The fraction of sp³-hybridized carbons (Fsp3) is 0.292. The summed E-state index contributed by atoms with van der Waals surface area (Å²) in [5, 5.41) is 6.69. The molecule has 0 aliphatic carbocycles. The maximum absolute atomic E-state index is 12.9. The number of nitrogens with zero attached hydrogens (tertiary/aromatic N) is 1. The smallest absolute Gasteiger partial charge is 0.325 e. The van der Waals surface area contributed by atoms with Crippen LogP contribution in [-0.4, -0.2) is 46.4 Å². The fourth-order valence-corrected chi connectivity index (χ4v) is 3.97. The highest BCUT2D eigenvalue weighted by atomic mass is 16.2. The standard InChI is InChI=1S/C24H26N4O3/c1-24(13-11-17-7-3-2-4-8-17)22(30)28(23(31)27-24)16-21(29)25-14-12-18-15-26-20-10-6-5-9-19(18)20/h2-10,15,26H,11-14,16H2,1H3,(H,25,29)(H,27,31)/t24-/m0/s1. The van der Waals surface area contributed by atoms with E-state index in [2.05, 4.69) is 15.6 Å². The van der Waals surface area contributed by atoms with E-state index in [1.54, 1.807) is 6.92 Å². The van der Waals surface area contributed by atoms with Gasteiger partial charge in [-0.25, -0.2) is 4.79 Å². The molecule has 1 fully saturated rings. The van der Waals surface area contributed by atoms with Crippen molar-refractivity contribution in [2.24, 2.45) is 0 Å². The van der Waals surface area contributed by atoms with Gasteiger partial charge < -0.3 is 15.6 Å². The van der Waals surface area contributed by atoms with Gasteiger partial charge in [0.05, 0.1) is 0 Å². The average Bonchev–Trinajstić information content (AvgIpc) is 3.28. The van der Waals surface area contributed by atoms with E-state index in [0.29, 0.717) is 25.8 Å². The van der Waals surface area contributed by atoms with E-state index in [4.69, 9.17) is 0 Å². The molecule has 0 bridgehead atoms. The number of rotatable bonds is 8. The molecule has 0 saturated carbocycles. The molecule has 3 aromatic rings. The lowest BCUT2D eigenvalue weighted by Gasteiger charge is -2.21. The predicted octanol–water partition coefficient (Wildman–Crippen LogP) is 2.77. The van der Waals surface area contributed by atoms with E-state index in [-0.39, 0.29) is 18.4 Å². The number of urea groups is 1. The lowest BCUT2D eigenvalue weighted by molar-refractivity contribution is -0.134. The maximum Gasteiger partial charge on any atom is 0.325 e. The van der Waals surface area contributed by atoms with E-state index in [1.165, 1.54) is 0 Å². The molecule has 0 unspecified atom stereocenters. The van der Waals surface area contributed by atoms with Crippen molar-refractivity contribution in [2.75, 3.05) is 13.1 Å². The highest BCUT2D eigenvalue weighted by Crippen LogP contribution is 2.23. The minimum atomic E-state index is -1.00. The third-order valence-electron chi connectivity index (χ3n) is 5.79. The van der Waals surface area contributed by atoms with Gasteiger partial charge in [0.2, 0.25) is 5.91 Å². The molecule has 31 heavy (non-hydrogen) atoms. The fourth-order valence-electron chi connectivity index (χ4n) is 3.97. The number of para-hydroxylation sites is 1. The van der Waals surface area contributed by atoms with E-state index in [0.717, 1.165) is 26.9 Å². The zero-order valence-electron chi connectivity index (χ0n) is 17.5. The zero-order chi connectivity index (χ0) is 21.8. The van der Waals surface area contributed by atoms with Crippen LogP contribution < -0.4 is 10.6 Å². The summed E-state index contributed by atoms with van der Waals surface area (Å²) in [7, 11) is 0. The second-order valence-corrected chi connectivity index (χ2v) is 8.10. The highest BCUT2D eigenvalue weighted by molar-refractivity contribution is 6.08. The first-order valence-electron chi connectivity index (χ1n) is 10.5. The van der Waals surface area contributed by atoms with Crippen LogP contribution in [0.4, 0.5) is 4.79 Å². The van der Waals surface area contributed by atoms with Crippen LogP contribution in [-0.2, 0) is 22.4 Å². The van der Waals surface area contributed by atoms with E-state index in [9.17, 15) is 14.4 Å². The topological polar surface area (TPSA) is 94.3 Å². The van der Waals surface area contributed by atoms with Gasteiger partial charge >= 0.3 is 6.03 Å². The Morgan fingerprint density at radius 3 is 2.58 bits per heavy atom. The van der Waals surface area contributed by atoms with Gasteiger partial charge in [0, 0.05) is 23.6 Å². The summed E-state index contributed by atoms with van der Waals surface area (Å²) in [6.45, 7) is 1.86. The normalized spacial score (nSPS) is 18.4. The minimum Gasteiger partial charge on any atom is -0.361 e. The summed E-state index contributed by atoms with van der Waals surface area (Å²) >= 11 is 0. The van der Waals surface area contributed by atoms with Gasteiger partial charge in [0.25, 0.3) is 5.91 Å². The van der Waals surface area contributed by atoms with Crippen LogP contribution in [0.1, 0.15) is 24.5 Å². The van der Waals surface area contributed by atoms with Crippen molar-refractivity contribution in [2.45, 2.75) is 31.7 Å². The number of carbonyl (C=O) groups excluding carboxylic acids is 3. The number of amides is 4. The SMILES string of the molecule is C[C@@]1(CCc2ccccc2)NC(=O)N(CC(=O)NCCc2c[nH]c3ccccc23)C1=O. The molecule has 7 nitrogen and oxygen atoms in total. The van der Waals surface area contributed by atoms with Gasteiger partial charge in [-0.05, 0) is 43.4 Å². The monoisotopic (exact) mass is 418 g/mol. The maximum atomic E-state index is 12.9. The average molecular weight is 418 g/mol. The molecule has 0 radical (unpaired) electrons. The van der Waals surface area contributed by atoms with Gasteiger partial charge in [0.15, 0.2) is 0 Å². The van der Waals surface area contributed by atoms with Crippen LogP contribution in [0.5, 0.6) is 0 Å². The third kappa shape index (κ3) is 4.45. The molecule has 1 aliphatic heterocycles. The van der Waals surface area contributed by atoms with Crippen LogP contribution in [0.3, 0.4) is 0 Å². The number of aromatic nitrogens is 1. The second kappa shape index (κ2) is 8.63. The number of aromatic amines is 1. The minimum absolute atomic E-state index is 0.278. The molecule has 0 spiro atoms. The first kappa shape index (κ1) is 20.7. The van der Waals surface area contributed by atoms with Crippen molar-refractivity contribution < 1.29 is 14.4 Å². The van der Waals surface area contributed by atoms with Crippen molar-refractivity contribution in [1.29, 1.82) is 0 Å². The summed E-state index contributed by atoms with van der Waals surface area (Å²) < 4.78 is 0. The number of carbonyl (C=O) groups is 3. The van der Waals surface area contributed by atoms with Crippen LogP contribution in [0, 0.1) is 0 Å². The van der Waals surface area contributed by atoms with Gasteiger partial charge in [-0.3, -0.25) is 14.5 Å². The van der Waals surface area contributed by atoms with E-state index >= 15 is 0 Å². The van der Waals surface area contributed by atoms with Gasteiger partial charge in [-0.2, -0.15) is 0 Å². The Kier molecular flexibility index (Phi) is 5.75. The van der Waals surface area contributed by atoms with Crippen LogP contribution in [0.15, 0.2) is 60.8 Å². The predicted molar refractivity (Wildman–Crippen MR) is 118 cm³/mol. The molecule has 1 saturated heterocycles. The molecule has 2 aromatic carbocycles. The van der Waals surface area contributed by atoms with Crippen molar-refractivity contribution in [3.05, 3.63) is 71.9 Å². The van der Waals surface area contributed by atoms with E-state index < -0.39 is 11.6 Å². The molecule has 3 N–H and O–H groups in total. The van der Waals surface area contributed by atoms with Gasteiger partial charge in [0.1, 0.15) is 12.1 Å². The molecular weight excluding hydrogens is 392 g/mol. The van der Waals surface area contributed by atoms with Crippen LogP contribution in [0.25, 0.3) is 10.9 Å². The van der Waals surface area contributed by atoms with Crippen LogP contribution >= 0.6 is 0 Å². The molecule has 4 rings (SSSR count). The number of hydrogen-bond donors (Lipinski definition) is 3. The Morgan fingerprint density at radius 2 is 1.77 bits per heavy atom. The van der Waals surface area contributed by atoms with Gasteiger partial charge in [-0.1, -0.05) is 48.5 Å². The lowest BCUT2D eigenvalue weighted by Crippen LogP contribution is -2.45. The Morgan fingerprint density at radius 1 is 1.03 bits per heavy atom. The number of imide groups is 1. The largest absolute Gasteiger partial charge is 0.361 e. The third-order valence-corrected chi connectivity index (χ3v) is 5.79. The summed E-state index contributed by atoms with van der Waals surface area (Å²) in [6.07, 6.45) is 3.73. The first-order valence-corrected chi connectivity index (χ1v) is 10.5. The zero-order valence-corrected chi connectivity index (χ0v) is 17.5. The molecule has 2 heterocycles. The van der Waals surface area contributed by atoms with Gasteiger partial charge in [-0.15, -0.1) is 0 Å². The molecule has 160 valence electrons. The van der Waals surface area contributed by atoms with Crippen molar-refractivity contribution in [3.63, 3.8) is 0 Å². The molecule has 1 aromatic heterocycles. The summed E-state index contributed by atoms with van der Waals surface area (Å²) in [6, 6.07) is 17.3. The summed E-state index contributed by atoms with van der Waals surface area (Å²) in [5.74, 6) is -0.712. The number of nitrogens with one attached hydrogen (secondary N) is 3. The van der Waals surface area contributed by atoms with E-state index in [1.807, 2.05) is 60.8 Å². The number of benzene rings is 2. The summed E-state index contributed by atoms with van der Waals surface area (Å²) in [5.41, 5.74) is 2.26. The lowest BCUT2D eigenvalue weighted by atomic mass is 9.93. The molecular formula is C24H26N4O3. The Balaban J connectivity index is 1.29. The Bertz CT molecular complexity index is 1110. The number of fused-ring (bicyclic) bond motifs is 1.